The summed E-state index contributed by atoms with van der Waals surface area (Å²) >= 11 is 0. The van der Waals surface area contributed by atoms with Gasteiger partial charge >= 0.3 is 0 Å². The van der Waals surface area contributed by atoms with Gasteiger partial charge in [-0.3, -0.25) is 9.59 Å². The Morgan fingerprint density at radius 3 is 2.82 bits per heavy atom. The van der Waals surface area contributed by atoms with E-state index in [4.69, 9.17) is 0 Å². The van der Waals surface area contributed by atoms with Gasteiger partial charge in [-0.05, 0) is 37.8 Å². The second-order valence-electron chi connectivity index (χ2n) is 5.71. The third-order valence-corrected chi connectivity index (χ3v) is 3.84. The first-order chi connectivity index (χ1) is 10.5. The number of hydrogen-bond acceptors (Lipinski definition) is 4. The van der Waals surface area contributed by atoms with Crippen LogP contribution in [0.3, 0.4) is 0 Å². The van der Waals surface area contributed by atoms with E-state index in [1.165, 1.54) is 10.6 Å². The predicted octanol–water partition coefficient (Wildman–Crippen LogP) is 1.36. The molecule has 0 aromatic carbocycles. The zero-order valence-corrected chi connectivity index (χ0v) is 12.6. The average molecular weight is 298 g/mol. The largest absolute Gasteiger partial charge is 0.342 e. The minimum atomic E-state index is -0.264. The number of aryl methyl sites for hydroxylation is 2. The molecule has 1 saturated carbocycles. The molecule has 114 valence electrons. The van der Waals surface area contributed by atoms with Gasteiger partial charge in [0.05, 0.1) is 6.04 Å². The van der Waals surface area contributed by atoms with E-state index >= 15 is 0 Å². The van der Waals surface area contributed by atoms with Gasteiger partial charge in [0, 0.05) is 36.8 Å². The van der Waals surface area contributed by atoms with Crippen molar-refractivity contribution in [2.75, 3.05) is 0 Å². The Kier molecular flexibility index (Phi) is 3.75. The van der Waals surface area contributed by atoms with Crippen molar-refractivity contribution in [1.29, 1.82) is 0 Å². The van der Waals surface area contributed by atoms with E-state index in [0.29, 0.717) is 17.3 Å². The Balaban J connectivity index is 1.83. The molecular formula is C16H18N4O2. The number of carbonyl (C=O) groups excluding carboxylic acids is 1. The molecule has 22 heavy (non-hydrogen) atoms. The summed E-state index contributed by atoms with van der Waals surface area (Å²) in [6, 6.07) is 4.61. The minimum absolute atomic E-state index is 0.198. The fourth-order valence-corrected chi connectivity index (χ4v) is 2.36. The van der Waals surface area contributed by atoms with Crippen LogP contribution < -0.4 is 10.9 Å². The van der Waals surface area contributed by atoms with Gasteiger partial charge < -0.3 is 9.88 Å². The summed E-state index contributed by atoms with van der Waals surface area (Å²) in [5, 5.41) is 2.97. The van der Waals surface area contributed by atoms with Gasteiger partial charge in [0.1, 0.15) is 0 Å². The van der Waals surface area contributed by atoms with Crippen LogP contribution in [-0.2, 0) is 7.05 Å². The van der Waals surface area contributed by atoms with E-state index in [1.54, 1.807) is 25.5 Å². The number of amides is 1. The van der Waals surface area contributed by atoms with Crippen LogP contribution in [0, 0.1) is 12.8 Å². The molecule has 6 nitrogen and oxygen atoms in total. The molecule has 0 bridgehead atoms. The molecule has 1 atom stereocenters. The molecular weight excluding hydrogens is 280 g/mol. The Morgan fingerprint density at radius 2 is 2.18 bits per heavy atom. The lowest BCUT2D eigenvalue weighted by Gasteiger charge is -2.17. The van der Waals surface area contributed by atoms with Crippen molar-refractivity contribution in [3.05, 3.63) is 58.0 Å². The Labute approximate surface area is 128 Å². The van der Waals surface area contributed by atoms with Gasteiger partial charge in [-0.15, -0.1) is 0 Å². The Hall–Kier alpha value is -2.50. The zero-order valence-electron chi connectivity index (χ0n) is 12.6. The first-order valence-corrected chi connectivity index (χ1v) is 7.31. The molecule has 2 heterocycles. The maximum atomic E-state index is 12.4. The fraction of sp³-hybridized carbons (Fsp3) is 0.375. The van der Waals surface area contributed by atoms with Crippen molar-refractivity contribution < 1.29 is 4.79 Å². The molecule has 1 N–H and O–H groups in total. The topological polar surface area (TPSA) is 76.9 Å². The van der Waals surface area contributed by atoms with Crippen LogP contribution in [-0.4, -0.2) is 20.4 Å². The third-order valence-electron chi connectivity index (χ3n) is 3.84. The molecule has 1 aliphatic rings. The van der Waals surface area contributed by atoms with Crippen molar-refractivity contribution >= 4 is 5.91 Å². The number of carbonyl (C=O) groups is 1. The van der Waals surface area contributed by atoms with Crippen molar-refractivity contribution in [1.82, 2.24) is 19.9 Å². The van der Waals surface area contributed by atoms with Crippen molar-refractivity contribution in [3.63, 3.8) is 0 Å². The molecule has 0 spiro atoms. The summed E-state index contributed by atoms with van der Waals surface area (Å²) in [5.74, 6) is 0.747. The first-order valence-electron chi connectivity index (χ1n) is 7.31. The van der Waals surface area contributed by atoms with Gasteiger partial charge in [-0.25, -0.2) is 9.97 Å². The van der Waals surface area contributed by atoms with Gasteiger partial charge in [-0.2, -0.15) is 0 Å². The second kappa shape index (κ2) is 5.71. The van der Waals surface area contributed by atoms with E-state index in [2.05, 4.69) is 15.3 Å². The predicted molar refractivity (Wildman–Crippen MR) is 81.4 cm³/mol. The molecule has 1 aliphatic carbocycles. The van der Waals surface area contributed by atoms with E-state index < -0.39 is 0 Å². The Bertz CT molecular complexity index is 765. The van der Waals surface area contributed by atoms with Crippen molar-refractivity contribution in [2.24, 2.45) is 13.0 Å². The lowest BCUT2D eigenvalue weighted by atomic mass is 10.1. The molecule has 3 rings (SSSR count). The molecule has 0 radical (unpaired) electrons. The maximum Gasteiger partial charge on any atom is 0.252 e. The lowest BCUT2D eigenvalue weighted by molar-refractivity contribution is 0.0929. The van der Waals surface area contributed by atoms with E-state index in [0.717, 1.165) is 18.5 Å². The summed E-state index contributed by atoms with van der Waals surface area (Å²) in [5.41, 5.74) is 1.03. The second-order valence-corrected chi connectivity index (χ2v) is 5.71. The molecule has 1 unspecified atom stereocenters. The van der Waals surface area contributed by atoms with Crippen LogP contribution >= 0.6 is 0 Å². The highest BCUT2D eigenvalue weighted by Gasteiger charge is 2.35. The van der Waals surface area contributed by atoms with Gasteiger partial charge in [-0.1, -0.05) is 0 Å². The maximum absolute atomic E-state index is 12.4. The summed E-state index contributed by atoms with van der Waals surface area (Å²) in [4.78, 5) is 32.8. The molecule has 1 fully saturated rings. The minimum Gasteiger partial charge on any atom is -0.342 e. The smallest absolute Gasteiger partial charge is 0.252 e. The van der Waals surface area contributed by atoms with E-state index in [1.807, 2.05) is 13.0 Å². The van der Waals surface area contributed by atoms with Gasteiger partial charge in [0.25, 0.3) is 11.5 Å². The number of nitrogens with one attached hydrogen (secondary N) is 1. The Morgan fingerprint density at radius 1 is 1.41 bits per heavy atom. The SMILES string of the molecule is Cc1ccnc(C(NC(=O)c2ccn(C)c(=O)c2)C2CC2)n1. The molecule has 2 aromatic rings. The number of hydrogen-bond donors (Lipinski definition) is 1. The van der Waals surface area contributed by atoms with E-state index in [-0.39, 0.29) is 17.5 Å². The van der Waals surface area contributed by atoms with Crippen molar-refractivity contribution in [3.8, 4) is 0 Å². The van der Waals surface area contributed by atoms with Crippen LogP contribution in [0.5, 0.6) is 0 Å². The van der Waals surface area contributed by atoms with Crippen molar-refractivity contribution in [2.45, 2.75) is 25.8 Å². The van der Waals surface area contributed by atoms with Crippen LogP contribution in [0.2, 0.25) is 0 Å². The fourth-order valence-electron chi connectivity index (χ4n) is 2.36. The number of rotatable bonds is 4. The summed E-state index contributed by atoms with van der Waals surface area (Å²) < 4.78 is 1.43. The normalized spacial score (nSPS) is 15.4. The first kappa shape index (κ1) is 14.4. The number of nitrogens with zero attached hydrogens (tertiary/aromatic N) is 3. The molecule has 0 saturated heterocycles. The standard InChI is InChI=1S/C16H18N4O2/c1-10-5-7-17-15(18-10)14(11-3-4-11)19-16(22)12-6-8-20(2)13(21)9-12/h5-9,11,14H,3-4H2,1-2H3,(H,19,22). The van der Waals surface area contributed by atoms with Crippen LogP contribution in [0.15, 0.2) is 35.4 Å². The highest BCUT2D eigenvalue weighted by molar-refractivity contribution is 5.94. The van der Waals surface area contributed by atoms with Crippen LogP contribution in [0.25, 0.3) is 0 Å². The highest BCUT2D eigenvalue weighted by Crippen LogP contribution is 2.40. The summed E-state index contributed by atoms with van der Waals surface area (Å²) in [7, 11) is 1.65. The molecule has 2 aromatic heterocycles. The average Bonchev–Trinajstić information content (AvgIpc) is 3.32. The highest BCUT2D eigenvalue weighted by atomic mass is 16.2. The molecule has 6 heteroatoms. The quantitative estimate of drug-likeness (QED) is 0.924. The van der Waals surface area contributed by atoms with Crippen LogP contribution in [0.1, 0.15) is 40.8 Å². The number of pyridine rings is 1. The molecule has 1 amide bonds. The molecule has 0 aliphatic heterocycles. The van der Waals surface area contributed by atoms with Gasteiger partial charge in [0.2, 0.25) is 0 Å². The lowest BCUT2D eigenvalue weighted by Crippen LogP contribution is -2.32. The summed E-state index contributed by atoms with van der Waals surface area (Å²) in [6.07, 6.45) is 5.40. The zero-order chi connectivity index (χ0) is 15.7. The number of aromatic nitrogens is 3. The monoisotopic (exact) mass is 298 g/mol. The summed E-state index contributed by atoms with van der Waals surface area (Å²) in [6.45, 7) is 1.90. The third kappa shape index (κ3) is 3.05. The van der Waals surface area contributed by atoms with E-state index in [9.17, 15) is 9.59 Å². The van der Waals surface area contributed by atoms with Gasteiger partial charge in [0.15, 0.2) is 5.82 Å². The van der Waals surface area contributed by atoms with Crippen LogP contribution in [0.4, 0.5) is 0 Å².